The summed E-state index contributed by atoms with van der Waals surface area (Å²) in [5.74, 6) is 0.186. The Kier molecular flexibility index (Phi) is 6.14. The lowest BCUT2D eigenvalue weighted by atomic mass is 10.3. The van der Waals surface area contributed by atoms with Gasteiger partial charge in [-0.2, -0.15) is 0 Å². The summed E-state index contributed by atoms with van der Waals surface area (Å²) in [4.78, 5) is 10.7. The molecule has 13 heavy (non-hydrogen) atoms. The third-order valence-electron chi connectivity index (χ3n) is 1.94. The molecule has 0 N–H and O–H groups in total. The van der Waals surface area contributed by atoms with E-state index >= 15 is 0 Å². The van der Waals surface area contributed by atoms with E-state index < -0.39 is 8.80 Å². The molecule has 0 aromatic rings. The lowest BCUT2D eigenvalue weighted by Crippen LogP contribution is -2.42. The number of hydrogen-bond donors (Lipinski definition) is 0. The molecule has 0 radical (unpaired) electrons. The molecule has 0 aromatic carbocycles. The van der Waals surface area contributed by atoms with Crippen molar-refractivity contribution >= 4 is 14.6 Å². The number of ketones is 1. The third kappa shape index (κ3) is 4.52. The predicted octanol–water partition coefficient (Wildman–Crippen LogP) is 1.23. The average molecular weight is 206 g/mol. The molecule has 0 heterocycles. The maximum Gasteiger partial charge on any atom is 0.500 e. The van der Waals surface area contributed by atoms with Crippen LogP contribution in [-0.4, -0.2) is 35.9 Å². The van der Waals surface area contributed by atoms with Crippen LogP contribution in [0.1, 0.15) is 19.8 Å². The Morgan fingerprint density at radius 3 is 1.92 bits per heavy atom. The lowest BCUT2D eigenvalue weighted by Gasteiger charge is -2.23. The quantitative estimate of drug-likeness (QED) is 0.588. The van der Waals surface area contributed by atoms with Gasteiger partial charge in [0.1, 0.15) is 5.78 Å². The van der Waals surface area contributed by atoms with Gasteiger partial charge in [0.25, 0.3) is 0 Å². The zero-order valence-corrected chi connectivity index (χ0v) is 9.75. The molecule has 0 spiro atoms. The van der Waals surface area contributed by atoms with Gasteiger partial charge in [-0.15, -0.1) is 0 Å². The number of carbonyl (C=O) groups excluding carboxylic acids is 1. The summed E-state index contributed by atoms with van der Waals surface area (Å²) in [7, 11) is 2.29. The van der Waals surface area contributed by atoms with Crippen LogP contribution in [0, 0.1) is 0 Å². The molecule has 4 nitrogen and oxygen atoms in total. The molecule has 0 amide bonds. The molecule has 0 rings (SSSR count). The first-order valence-electron chi connectivity index (χ1n) is 4.25. The van der Waals surface area contributed by atoms with Gasteiger partial charge in [0.2, 0.25) is 0 Å². The van der Waals surface area contributed by atoms with Crippen LogP contribution in [0.25, 0.3) is 0 Å². The first-order chi connectivity index (χ1) is 6.10. The minimum Gasteiger partial charge on any atom is -0.377 e. The standard InChI is InChI=1S/C8H18O4Si/c1-8(9)6-5-7-13(10-2,11-3)12-4/h5-7H2,1-4H3. The van der Waals surface area contributed by atoms with Crippen molar-refractivity contribution in [2.24, 2.45) is 0 Å². The van der Waals surface area contributed by atoms with Crippen molar-refractivity contribution in [3.05, 3.63) is 0 Å². The van der Waals surface area contributed by atoms with Crippen molar-refractivity contribution in [1.82, 2.24) is 0 Å². The topological polar surface area (TPSA) is 44.8 Å². The van der Waals surface area contributed by atoms with Crippen LogP contribution in [0.4, 0.5) is 0 Å². The van der Waals surface area contributed by atoms with E-state index in [2.05, 4.69) is 0 Å². The number of Topliss-reactive ketones (excluding diaryl/α,β-unsaturated/α-hetero) is 1. The van der Waals surface area contributed by atoms with Crippen molar-refractivity contribution in [3.63, 3.8) is 0 Å². The summed E-state index contributed by atoms with van der Waals surface area (Å²) in [6, 6.07) is 0.691. The molecule has 0 aliphatic carbocycles. The van der Waals surface area contributed by atoms with Gasteiger partial charge >= 0.3 is 8.80 Å². The molecular weight excluding hydrogens is 188 g/mol. The van der Waals surface area contributed by atoms with E-state index in [0.717, 1.165) is 6.42 Å². The van der Waals surface area contributed by atoms with Crippen LogP contribution < -0.4 is 0 Å². The SMILES string of the molecule is CO[Si](CCCC(C)=O)(OC)OC. The molecule has 0 aliphatic heterocycles. The van der Waals surface area contributed by atoms with Crippen molar-refractivity contribution in [2.45, 2.75) is 25.8 Å². The van der Waals surface area contributed by atoms with E-state index in [-0.39, 0.29) is 5.78 Å². The second-order valence-electron chi connectivity index (χ2n) is 2.85. The van der Waals surface area contributed by atoms with Gasteiger partial charge in [-0.05, 0) is 13.3 Å². The molecular formula is C8H18O4Si. The Hall–Kier alpha value is -0.233. The minimum absolute atomic E-state index is 0.186. The Morgan fingerprint density at radius 1 is 1.15 bits per heavy atom. The first kappa shape index (κ1) is 12.8. The van der Waals surface area contributed by atoms with Crippen LogP contribution in [0.15, 0.2) is 0 Å². The second kappa shape index (κ2) is 6.26. The van der Waals surface area contributed by atoms with Gasteiger partial charge in [0, 0.05) is 33.8 Å². The summed E-state index contributed by atoms with van der Waals surface area (Å²) in [6.45, 7) is 1.58. The Bertz CT molecular complexity index is 148. The van der Waals surface area contributed by atoms with Crippen molar-refractivity contribution in [3.8, 4) is 0 Å². The summed E-state index contributed by atoms with van der Waals surface area (Å²) < 4.78 is 15.6. The van der Waals surface area contributed by atoms with Gasteiger partial charge in [-0.3, -0.25) is 0 Å². The Morgan fingerprint density at radius 2 is 1.62 bits per heavy atom. The predicted molar refractivity (Wildman–Crippen MR) is 51.5 cm³/mol. The van der Waals surface area contributed by atoms with Crippen LogP contribution in [0.5, 0.6) is 0 Å². The first-order valence-corrected chi connectivity index (χ1v) is 6.18. The third-order valence-corrected chi connectivity index (χ3v) is 4.78. The summed E-state index contributed by atoms with van der Waals surface area (Å²) in [6.07, 6.45) is 1.32. The smallest absolute Gasteiger partial charge is 0.377 e. The molecule has 0 atom stereocenters. The van der Waals surface area contributed by atoms with E-state index in [0.29, 0.717) is 12.5 Å². The van der Waals surface area contributed by atoms with E-state index in [9.17, 15) is 4.79 Å². The highest BCUT2D eigenvalue weighted by Gasteiger charge is 2.36. The lowest BCUT2D eigenvalue weighted by molar-refractivity contribution is -0.117. The molecule has 0 unspecified atom stereocenters. The molecule has 0 fully saturated rings. The van der Waals surface area contributed by atoms with Crippen molar-refractivity contribution in [1.29, 1.82) is 0 Å². The maximum atomic E-state index is 10.7. The fourth-order valence-electron chi connectivity index (χ4n) is 1.11. The van der Waals surface area contributed by atoms with Gasteiger partial charge < -0.3 is 18.1 Å². The van der Waals surface area contributed by atoms with E-state index in [4.69, 9.17) is 13.3 Å². The van der Waals surface area contributed by atoms with Gasteiger partial charge in [0.15, 0.2) is 0 Å². The molecule has 0 saturated heterocycles. The van der Waals surface area contributed by atoms with E-state index in [1.54, 1.807) is 28.3 Å². The normalized spacial score (nSPS) is 11.7. The monoisotopic (exact) mass is 206 g/mol. The number of hydrogen-bond acceptors (Lipinski definition) is 4. The van der Waals surface area contributed by atoms with E-state index in [1.807, 2.05) is 0 Å². The highest BCUT2D eigenvalue weighted by molar-refractivity contribution is 6.60. The zero-order valence-electron chi connectivity index (χ0n) is 8.75. The van der Waals surface area contributed by atoms with Crippen LogP contribution in [0.2, 0.25) is 6.04 Å². The number of rotatable bonds is 7. The van der Waals surface area contributed by atoms with Crippen molar-refractivity contribution < 1.29 is 18.1 Å². The average Bonchev–Trinajstić information content (AvgIpc) is 2.13. The largest absolute Gasteiger partial charge is 0.500 e. The fourth-order valence-corrected chi connectivity index (χ4v) is 2.83. The summed E-state index contributed by atoms with van der Waals surface area (Å²) >= 11 is 0. The summed E-state index contributed by atoms with van der Waals surface area (Å²) in [5.41, 5.74) is 0. The Labute approximate surface area is 80.5 Å². The van der Waals surface area contributed by atoms with E-state index in [1.165, 1.54) is 0 Å². The molecule has 0 aromatic heterocycles. The second-order valence-corrected chi connectivity index (χ2v) is 5.94. The molecule has 0 saturated carbocycles. The highest BCUT2D eigenvalue weighted by Crippen LogP contribution is 2.16. The number of carbonyl (C=O) groups is 1. The molecule has 78 valence electrons. The zero-order chi connectivity index (χ0) is 10.3. The Balaban J connectivity index is 3.88. The van der Waals surface area contributed by atoms with Gasteiger partial charge in [-0.25, -0.2) is 0 Å². The maximum absolute atomic E-state index is 10.7. The highest BCUT2D eigenvalue weighted by atomic mass is 28.4. The minimum atomic E-state index is -2.44. The molecule has 5 heteroatoms. The van der Waals surface area contributed by atoms with Gasteiger partial charge in [-0.1, -0.05) is 0 Å². The van der Waals surface area contributed by atoms with Crippen molar-refractivity contribution in [2.75, 3.05) is 21.3 Å². The van der Waals surface area contributed by atoms with Gasteiger partial charge in [0.05, 0.1) is 0 Å². The fraction of sp³-hybridized carbons (Fsp3) is 0.875. The van der Waals surface area contributed by atoms with Crippen LogP contribution in [-0.2, 0) is 18.1 Å². The van der Waals surface area contributed by atoms with Crippen LogP contribution >= 0.6 is 0 Å². The molecule has 0 aliphatic rings. The summed E-state index contributed by atoms with van der Waals surface area (Å²) in [5, 5.41) is 0. The molecule has 0 bridgehead atoms. The van der Waals surface area contributed by atoms with Crippen LogP contribution in [0.3, 0.4) is 0 Å².